The Balaban J connectivity index is 4.53. The van der Waals surface area contributed by atoms with E-state index >= 15 is 0 Å². The Morgan fingerprint density at radius 2 is 0.971 bits per heavy atom. The van der Waals surface area contributed by atoms with Gasteiger partial charge in [0.25, 0.3) is 0 Å². The molecule has 5 amide bonds. The number of carbonyl (C=O) groups is 5. The standard InChI is InChI=1S/C23H36N6O5/c1-5-19(30)24-10-15-28(16-11-25-20(31)6-2)14-9-22(33)27-13-18-29(23(34)8-4)17-12-26-21(32)7-3/h5-8H,1-4,9-18H2,(H,24,30)(H,25,31)(H,26,32)(H,27,33). The molecule has 0 aromatic rings. The molecule has 34 heavy (non-hydrogen) atoms. The lowest BCUT2D eigenvalue weighted by Gasteiger charge is -2.23. The van der Waals surface area contributed by atoms with Crippen molar-refractivity contribution >= 4 is 29.5 Å². The van der Waals surface area contributed by atoms with Crippen LogP contribution >= 0.6 is 0 Å². The van der Waals surface area contributed by atoms with Crippen molar-refractivity contribution in [3.63, 3.8) is 0 Å². The van der Waals surface area contributed by atoms with Crippen LogP contribution in [0.2, 0.25) is 0 Å². The van der Waals surface area contributed by atoms with Gasteiger partial charge in [0.2, 0.25) is 29.5 Å². The normalized spacial score (nSPS) is 9.91. The lowest BCUT2D eigenvalue weighted by atomic mass is 10.3. The van der Waals surface area contributed by atoms with Crippen LogP contribution in [0.5, 0.6) is 0 Å². The van der Waals surface area contributed by atoms with Crippen molar-refractivity contribution in [2.75, 3.05) is 58.9 Å². The highest BCUT2D eigenvalue weighted by Crippen LogP contribution is 1.93. The second-order valence-electron chi connectivity index (χ2n) is 6.96. The van der Waals surface area contributed by atoms with Gasteiger partial charge in [-0.15, -0.1) is 0 Å². The molecule has 0 aliphatic carbocycles. The Labute approximate surface area is 201 Å². The molecule has 0 saturated carbocycles. The van der Waals surface area contributed by atoms with E-state index < -0.39 is 0 Å². The molecule has 0 saturated heterocycles. The van der Waals surface area contributed by atoms with Gasteiger partial charge in [0.05, 0.1) is 0 Å². The van der Waals surface area contributed by atoms with Crippen molar-refractivity contribution in [1.82, 2.24) is 31.1 Å². The van der Waals surface area contributed by atoms with Crippen molar-refractivity contribution in [2.24, 2.45) is 0 Å². The molecule has 0 radical (unpaired) electrons. The molecule has 0 aliphatic heterocycles. The second kappa shape index (κ2) is 18.8. The zero-order chi connectivity index (χ0) is 25.8. The molecule has 11 nitrogen and oxygen atoms in total. The first-order chi connectivity index (χ1) is 16.3. The molecule has 0 spiro atoms. The van der Waals surface area contributed by atoms with Gasteiger partial charge in [-0.2, -0.15) is 0 Å². The Kier molecular flexibility index (Phi) is 16.7. The summed E-state index contributed by atoms with van der Waals surface area (Å²) in [6.45, 7) is 16.7. The molecule has 188 valence electrons. The number of nitrogens with zero attached hydrogens (tertiary/aromatic N) is 2. The Morgan fingerprint density at radius 3 is 1.38 bits per heavy atom. The maximum Gasteiger partial charge on any atom is 0.246 e. The summed E-state index contributed by atoms with van der Waals surface area (Å²) in [6, 6.07) is 0. The Hall–Kier alpha value is -3.73. The van der Waals surface area contributed by atoms with Crippen molar-refractivity contribution in [1.29, 1.82) is 0 Å². The van der Waals surface area contributed by atoms with Gasteiger partial charge >= 0.3 is 0 Å². The van der Waals surface area contributed by atoms with Crippen LogP contribution in [0.4, 0.5) is 0 Å². The monoisotopic (exact) mass is 476 g/mol. The lowest BCUT2D eigenvalue weighted by molar-refractivity contribution is -0.127. The highest BCUT2D eigenvalue weighted by atomic mass is 16.2. The van der Waals surface area contributed by atoms with E-state index in [-0.39, 0.29) is 62.1 Å². The van der Waals surface area contributed by atoms with Crippen LogP contribution in [0.1, 0.15) is 6.42 Å². The van der Waals surface area contributed by atoms with Gasteiger partial charge in [-0.1, -0.05) is 26.3 Å². The van der Waals surface area contributed by atoms with Gasteiger partial charge in [0.1, 0.15) is 0 Å². The zero-order valence-corrected chi connectivity index (χ0v) is 19.6. The summed E-state index contributed by atoms with van der Waals surface area (Å²) in [5.41, 5.74) is 0. The third-order valence-electron chi connectivity index (χ3n) is 4.54. The number of amides is 5. The van der Waals surface area contributed by atoms with E-state index in [9.17, 15) is 24.0 Å². The summed E-state index contributed by atoms with van der Waals surface area (Å²) in [5, 5.41) is 10.7. The van der Waals surface area contributed by atoms with Gasteiger partial charge in [0.15, 0.2) is 0 Å². The van der Waals surface area contributed by atoms with Crippen LogP contribution in [0, 0.1) is 0 Å². The third-order valence-corrected chi connectivity index (χ3v) is 4.54. The van der Waals surface area contributed by atoms with Gasteiger partial charge in [-0.3, -0.25) is 28.9 Å². The van der Waals surface area contributed by atoms with Gasteiger partial charge in [0, 0.05) is 65.3 Å². The average Bonchev–Trinajstić information content (AvgIpc) is 2.84. The molecular weight excluding hydrogens is 440 g/mol. The first-order valence-electron chi connectivity index (χ1n) is 10.9. The average molecular weight is 477 g/mol. The molecule has 0 rings (SSSR count). The molecule has 11 heteroatoms. The second-order valence-corrected chi connectivity index (χ2v) is 6.96. The lowest BCUT2D eigenvalue weighted by Crippen LogP contribution is -2.43. The minimum atomic E-state index is -0.336. The fourth-order valence-electron chi connectivity index (χ4n) is 2.68. The molecule has 0 aromatic heterocycles. The highest BCUT2D eigenvalue weighted by molar-refractivity contribution is 5.88. The topological polar surface area (TPSA) is 140 Å². The van der Waals surface area contributed by atoms with E-state index in [1.165, 1.54) is 23.1 Å². The molecule has 4 N–H and O–H groups in total. The minimum Gasteiger partial charge on any atom is -0.354 e. The summed E-state index contributed by atoms with van der Waals surface area (Å²) in [6.07, 6.45) is 4.86. The van der Waals surface area contributed by atoms with Crippen LogP contribution in [0.25, 0.3) is 0 Å². The van der Waals surface area contributed by atoms with Crippen LogP contribution in [-0.4, -0.2) is 98.2 Å². The fourth-order valence-corrected chi connectivity index (χ4v) is 2.68. The highest BCUT2D eigenvalue weighted by Gasteiger charge is 2.12. The van der Waals surface area contributed by atoms with Crippen molar-refractivity contribution in [2.45, 2.75) is 6.42 Å². The molecule has 0 fully saturated rings. The van der Waals surface area contributed by atoms with Crippen LogP contribution in [0.3, 0.4) is 0 Å². The van der Waals surface area contributed by atoms with E-state index in [1.807, 2.05) is 4.90 Å². The maximum absolute atomic E-state index is 12.3. The summed E-state index contributed by atoms with van der Waals surface area (Å²) in [4.78, 5) is 61.5. The van der Waals surface area contributed by atoms with Crippen molar-refractivity contribution < 1.29 is 24.0 Å². The number of hydrogen-bond acceptors (Lipinski definition) is 6. The minimum absolute atomic E-state index is 0.190. The van der Waals surface area contributed by atoms with Gasteiger partial charge in [-0.25, -0.2) is 0 Å². The first-order valence-corrected chi connectivity index (χ1v) is 10.9. The van der Waals surface area contributed by atoms with Gasteiger partial charge < -0.3 is 26.2 Å². The van der Waals surface area contributed by atoms with E-state index in [1.54, 1.807) is 0 Å². The Morgan fingerprint density at radius 1 is 0.559 bits per heavy atom. The SMILES string of the molecule is C=CC(=O)NCCN(CCNC(=O)C=C)CCC(=O)NCCN(CCNC(=O)C=C)C(=O)C=C. The fraction of sp³-hybridized carbons (Fsp3) is 0.435. The van der Waals surface area contributed by atoms with Crippen molar-refractivity contribution in [3.05, 3.63) is 50.6 Å². The molecule has 0 heterocycles. The predicted molar refractivity (Wildman–Crippen MR) is 130 cm³/mol. The molecule has 0 aromatic carbocycles. The molecule has 0 aliphatic rings. The molecule has 0 unspecified atom stereocenters. The summed E-state index contributed by atoms with van der Waals surface area (Å²) in [7, 11) is 0. The van der Waals surface area contributed by atoms with E-state index in [2.05, 4.69) is 47.6 Å². The summed E-state index contributed by atoms with van der Waals surface area (Å²) in [5.74, 6) is -1.43. The maximum atomic E-state index is 12.3. The predicted octanol–water partition coefficient (Wildman–Crippen LogP) is -1.28. The van der Waals surface area contributed by atoms with Crippen LogP contribution in [0.15, 0.2) is 50.6 Å². The smallest absolute Gasteiger partial charge is 0.246 e. The molecular formula is C23H36N6O5. The largest absolute Gasteiger partial charge is 0.354 e. The number of hydrogen-bond donors (Lipinski definition) is 4. The summed E-state index contributed by atoms with van der Waals surface area (Å²) >= 11 is 0. The number of carbonyl (C=O) groups excluding carboxylic acids is 5. The third kappa shape index (κ3) is 15.1. The Bertz CT molecular complexity index is 726. The molecule has 0 atom stereocenters. The van der Waals surface area contributed by atoms with E-state index in [0.29, 0.717) is 32.7 Å². The van der Waals surface area contributed by atoms with Crippen molar-refractivity contribution in [3.8, 4) is 0 Å². The van der Waals surface area contributed by atoms with Gasteiger partial charge in [-0.05, 0) is 24.3 Å². The number of nitrogens with one attached hydrogen (secondary N) is 4. The quantitative estimate of drug-likeness (QED) is 0.171. The van der Waals surface area contributed by atoms with E-state index in [0.717, 1.165) is 6.08 Å². The first kappa shape index (κ1) is 30.3. The van der Waals surface area contributed by atoms with Crippen LogP contribution in [-0.2, 0) is 24.0 Å². The zero-order valence-electron chi connectivity index (χ0n) is 19.6. The number of rotatable bonds is 19. The summed E-state index contributed by atoms with van der Waals surface area (Å²) < 4.78 is 0. The van der Waals surface area contributed by atoms with E-state index in [4.69, 9.17) is 0 Å². The van der Waals surface area contributed by atoms with Crippen LogP contribution < -0.4 is 21.3 Å². The molecule has 0 bridgehead atoms.